The number of nitrogens with zero attached hydrogens (tertiary/aromatic N) is 3. The van der Waals surface area contributed by atoms with E-state index in [1.165, 1.54) is 11.3 Å². The summed E-state index contributed by atoms with van der Waals surface area (Å²) in [6, 6.07) is 6.02. The lowest BCUT2D eigenvalue weighted by Gasteiger charge is -2.36. The predicted molar refractivity (Wildman–Crippen MR) is 103 cm³/mol. The second-order valence-corrected chi connectivity index (χ2v) is 7.82. The number of amides is 1. The molecule has 6 nitrogen and oxygen atoms in total. The van der Waals surface area contributed by atoms with Crippen LogP contribution in [0.25, 0.3) is 10.7 Å². The highest BCUT2D eigenvalue weighted by Crippen LogP contribution is 2.26. The standard InChI is InChI=1S/C19H26N4O2S/c1-13(2)16(23-8-10-25-11-9-23)12-21-18(24)17-14(3)22-19(26-17)15-6-4-5-7-20-15/h4-7,13,16H,8-12H2,1-3H3,(H,21,24). The predicted octanol–water partition coefficient (Wildman–Crippen LogP) is 2.60. The summed E-state index contributed by atoms with van der Waals surface area (Å²) in [6.07, 6.45) is 1.74. The number of morpholine rings is 1. The molecule has 1 amide bonds. The van der Waals surface area contributed by atoms with Crippen LogP contribution in [0.2, 0.25) is 0 Å². The highest BCUT2D eigenvalue weighted by atomic mass is 32.1. The second-order valence-electron chi connectivity index (χ2n) is 6.82. The smallest absolute Gasteiger partial charge is 0.263 e. The maximum atomic E-state index is 12.7. The lowest BCUT2D eigenvalue weighted by molar-refractivity contribution is 0.00673. The van der Waals surface area contributed by atoms with E-state index < -0.39 is 0 Å². The molecule has 7 heteroatoms. The van der Waals surface area contributed by atoms with E-state index in [1.807, 2.05) is 25.1 Å². The number of carbonyl (C=O) groups excluding carboxylic acids is 1. The number of aryl methyl sites for hydroxylation is 1. The van der Waals surface area contributed by atoms with Crippen LogP contribution in [0.15, 0.2) is 24.4 Å². The van der Waals surface area contributed by atoms with Gasteiger partial charge in [0.2, 0.25) is 0 Å². The van der Waals surface area contributed by atoms with Gasteiger partial charge in [0.1, 0.15) is 9.88 Å². The van der Waals surface area contributed by atoms with Crippen molar-refractivity contribution in [3.63, 3.8) is 0 Å². The van der Waals surface area contributed by atoms with E-state index in [2.05, 4.69) is 34.0 Å². The molecule has 26 heavy (non-hydrogen) atoms. The van der Waals surface area contributed by atoms with E-state index in [4.69, 9.17) is 4.74 Å². The van der Waals surface area contributed by atoms with Gasteiger partial charge in [-0.15, -0.1) is 11.3 Å². The fourth-order valence-electron chi connectivity index (χ4n) is 3.18. The molecule has 3 heterocycles. The molecule has 0 aromatic carbocycles. The lowest BCUT2D eigenvalue weighted by Crippen LogP contribution is -2.51. The van der Waals surface area contributed by atoms with Crippen LogP contribution in [0.4, 0.5) is 0 Å². The van der Waals surface area contributed by atoms with Crippen molar-refractivity contribution in [2.75, 3.05) is 32.8 Å². The maximum Gasteiger partial charge on any atom is 0.263 e. The van der Waals surface area contributed by atoms with Gasteiger partial charge < -0.3 is 10.1 Å². The third kappa shape index (κ3) is 4.47. The number of aromatic nitrogens is 2. The number of thiazole rings is 1. The maximum absolute atomic E-state index is 12.7. The highest BCUT2D eigenvalue weighted by molar-refractivity contribution is 7.17. The van der Waals surface area contributed by atoms with Crippen molar-refractivity contribution in [1.82, 2.24) is 20.2 Å². The Bertz CT molecular complexity index is 726. The summed E-state index contributed by atoms with van der Waals surface area (Å²) < 4.78 is 5.44. The number of nitrogens with one attached hydrogen (secondary N) is 1. The molecule has 1 atom stereocenters. The van der Waals surface area contributed by atoms with Gasteiger partial charge in [0.15, 0.2) is 0 Å². The molecular weight excluding hydrogens is 348 g/mol. The Kier molecular flexibility index (Phi) is 6.34. The van der Waals surface area contributed by atoms with Crippen molar-refractivity contribution in [1.29, 1.82) is 0 Å². The van der Waals surface area contributed by atoms with Crippen molar-refractivity contribution in [3.8, 4) is 10.7 Å². The third-order valence-electron chi connectivity index (χ3n) is 4.64. The van der Waals surface area contributed by atoms with Crippen LogP contribution < -0.4 is 5.32 Å². The molecule has 0 bridgehead atoms. The monoisotopic (exact) mass is 374 g/mol. The van der Waals surface area contributed by atoms with Gasteiger partial charge in [0.25, 0.3) is 5.91 Å². The van der Waals surface area contributed by atoms with Gasteiger partial charge in [0.05, 0.1) is 24.6 Å². The Morgan fingerprint density at radius 3 is 2.77 bits per heavy atom. The molecule has 140 valence electrons. The molecule has 1 aliphatic rings. The first-order valence-corrected chi connectivity index (χ1v) is 9.86. The summed E-state index contributed by atoms with van der Waals surface area (Å²) in [5, 5.41) is 3.89. The van der Waals surface area contributed by atoms with E-state index in [0.29, 0.717) is 23.4 Å². The van der Waals surface area contributed by atoms with Crippen LogP contribution in [-0.4, -0.2) is 59.7 Å². The van der Waals surface area contributed by atoms with Crippen LogP contribution in [0.5, 0.6) is 0 Å². The summed E-state index contributed by atoms with van der Waals surface area (Å²) in [6.45, 7) is 10.3. The van der Waals surface area contributed by atoms with E-state index >= 15 is 0 Å². The van der Waals surface area contributed by atoms with Crippen LogP contribution in [0.1, 0.15) is 29.2 Å². The lowest BCUT2D eigenvalue weighted by atomic mass is 10.0. The second kappa shape index (κ2) is 8.70. The zero-order chi connectivity index (χ0) is 18.5. The zero-order valence-electron chi connectivity index (χ0n) is 15.6. The zero-order valence-corrected chi connectivity index (χ0v) is 16.4. The van der Waals surface area contributed by atoms with Crippen LogP contribution in [-0.2, 0) is 4.74 Å². The first-order chi connectivity index (χ1) is 12.6. The average molecular weight is 375 g/mol. The summed E-state index contributed by atoms with van der Waals surface area (Å²) in [5.41, 5.74) is 1.55. The number of pyridine rings is 1. The van der Waals surface area contributed by atoms with Gasteiger partial charge in [-0.25, -0.2) is 4.98 Å². The van der Waals surface area contributed by atoms with E-state index in [-0.39, 0.29) is 5.91 Å². The molecule has 1 aliphatic heterocycles. The van der Waals surface area contributed by atoms with Crippen molar-refractivity contribution in [2.45, 2.75) is 26.8 Å². The molecule has 2 aromatic rings. The first-order valence-electron chi connectivity index (χ1n) is 9.05. The summed E-state index contributed by atoms with van der Waals surface area (Å²) >= 11 is 1.40. The van der Waals surface area contributed by atoms with E-state index in [9.17, 15) is 4.79 Å². The van der Waals surface area contributed by atoms with Gasteiger partial charge in [-0.1, -0.05) is 19.9 Å². The molecule has 2 aromatic heterocycles. The van der Waals surface area contributed by atoms with Gasteiger partial charge in [-0.2, -0.15) is 0 Å². The fourth-order valence-corrected chi connectivity index (χ4v) is 4.14. The minimum atomic E-state index is -0.0545. The Morgan fingerprint density at radius 1 is 1.35 bits per heavy atom. The van der Waals surface area contributed by atoms with Crippen LogP contribution in [0, 0.1) is 12.8 Å². The first kappa shape index (κ1) is 18.9. The highest BCUT2D eigenvalue weighted by Gasteiger charge is 2.25. The van der Waals surface area contributed by atoms with Crippen LogP contribution >= 0.6 is 11.3 Å². The third-order valence-corrected chi connectivity index (χ3v) is 5.82. The molecule has 0 spiro atoms. The SMILES string of the molecule is Cc1nc(-c2ccccn2)sc1C(=O)NCC(C(C)C)N1CCOCC1. The normalized spacial score (nSPS) is 16.6. The number of ether oxygens (including phenoxy) is 1. The molecule has 0 saturated carbocycles. The van der Waals surface area contributed by atoms with E-state index in [0.717, 1.165) is 42.7 Å². The molecule has 1 N–H and O–H groups in total. The molecule has 0 aliphatic carbocycles. The minimum Gasteiger partial charge on any atom is -0.379 e. The quantitative estimate of drug-likeness (QED) is 0.842. The van der Waals surface area contributed by atoms with E-state index in [1.54, 1.807) is 6.20 Å². The largest absolute Gasteiger partial charge is 0.379 e. The van der Waals surface area contributed by atoms with Gasteiger partial charge in [0, 0.05) is 31.9 Å². The average Bonchev–Trinajstić information content (AvgIpc) is 3.05. The molecule has 1 unspecified atom stereocenters. The summed E-state index contributed by atoms with van der Waals surface area (Å²) in [4.78, 5) is 24.6. The summed E-state index contributed by atoms with van der Waals surface area (Å²) in [7, 11) is 0. The Hall–Kier alpha value is -1.83. The fraction of sp³-hybridized carbons (Fsp3) is 0.526. The molecule has 1 saturated heterocycles. The number of carbonyl (C=O) groups is 1. The van der Waals surface area contributed by atoms with Crippen LogP contribution in [0.3, 0.4) is 0 Å². The minimum absolute atomic E-state index is 0.0545. The van der Waals surface area contributed by atoms with Gasteiger partial charge in [-0.05, 0) is 25.0 Å². The van der Waals surface area contributed by atoms with Crippen molar-refractivity contribution in [3.05, 3.63) is 35.0 Å². The Morgan fingerprint density at radius 2 is 2.12 bits per heavy atom. The molecule has 1 fully saturated rings. The van der Waals surface area contributed by atoms with Gasteiger partial charge >= 0.3 is 0 Å². The topological polar surface area (TPSA) is 67.4 Å². The molecular formula is C19H26N4O2S. The number of hydrogen-bond acceptors (Lipinski definition) is 6. The van der Waals surface area contributed by atoms with Crippen molar-refractivity contribution < 1.29 is 9.53 Å². The molecule has 3 rings (SSSR count). The Labute approximate surface area is 158 Å². The number of rotatable bonds is 6. The van der Waals surface area contributed by atoms with Crippen molar-refractivity contribution >= 4 is 17.2 Å². The number of hydrogen-bond donors (Lipinski definition) is 1. The Balaban J connectivity index is 1.66. The van der Waals surface area contributed by atoms with Crippen molar-refractivity contribution in [2.24, 2.45) is 5.92 Å². The summed E-state index contributed by atoms with van der Waals surface area (Å²) in [5.74, 6) is 0.404. The molecule has 0 radical (unpaired) electrons. The van der Waals surface area contributed by atoms with Gasteiger partial charge in [-0.3, -0.25) is 14.7 Å².